The Kier molecular flexibility index (Phi) is 135. The molecule has 0 aliphatic carbocycles. The molecule has 0 atom stereocenters. The molecule has 0 spiro atoms. The summed E-state index contributed by atoms with van der Waals surface area (Å²) in [4.78, 5) is 0. The van der Waals surface area contributed by atoms with Crippen LogP contribution >= 0.6 is 0 Å². The molecule has 0 unspecified atom stereocenters. The molecular weight excluding hydrogens is 166 g/mol. The van der Waals surface area contributed by atoms with Crippen LogP contribution in [0.15, 0.2) is 0 Å². The van der Waals surface area contributed by atoms with Crippen molar-refractivity contribution >= 4 is 0 Å². The molecule has 0 bridgehead atoms. The molecule has 22 valence electrons. The fourth-order valence-corrected chi connectivity index (χ4v) is 0. The van der Waals surface area contributed by atoms with Crippen LogP contribution in [-0.2, 0) is 0 Å². The first kappa shape index (κ1) is 18.7. The van der Waals surface area contributed by atoms with E-state index in [4.69, 9.17) is 10.5 Å². The first-order chi connectivity index (χ1) is 1.00. The van der Waals surface area contributed by atoms with E-state index in [1.807, 2.05) is 0 Å². The van der Waals surface area contributed by atoms with Gasteiger partial charge in [0.15, 0.2) is 0 Å². The smallest absolute Gasteiger partial charge is 1.00 e. The van der Waals surface area contributed by atoms with E-state index in [2.05, 4.69) is 0 Å². The van der Waals surface area contributed by atoms with Crippen molar-refractivity contribution in [2.75, 3.05) is 0 Å². The first-order valence-electron chi connectivity index (χ1n) is 0.200. The van der Waals surface area contributed by atoms with Crippen molar-refractivity contribution in [1.82, 2.24) is 0 Å². The molecule has 2 nitrogen and oxygen atoms in total. The summed E-state index contributed by atoms with van der Waals surface area (Å²) in [5.41, 5.74) is 0. The Labute approximate surface area is 53.3 Å². The van der Waals surface area contributed by atoms with Gasteiger partial charge in [0.2, 0.25) is 0 Å². The summed E-state index contributed by atoms with van der Waals surface area (Å²) in [5.74, 6) is 0. The van der Waals surface area contributed by atoms with Crippen LogP contribution in [0.4, 0.5) is 0 Å². The van der Waals surface area contributed by atoms with Crippen LogP contribution in [0.1, 0.15) is 0 Å². The Morgan fingerprint density at radius 1 is 1.00 bits per heavy atom. The summed E-state index contributed by atoms with van der Waals surface area (Å²) in [6, 6.07) is 0. The van der Waals surface area contributed by atoms with Crippen LogP contribution in [0.3, 0.4) is 0 Å². The monoisotopic (exact) mass is 168 g/mol. The van der Waals surface area contributed by atoms with Gasteiger partial charge in [0.05, 0.1) is 0 Å². The Hall–Kier alpha value is 1.25. The third-order valence-electron chi connectivity index (χ3n) is 0. The Bertz CT molecular complexity index is 6.00. The van der Waals surface area contributed by atoms with Gasteiger partial charge < -0.3 is 24.0 Å². The van der Waals surface area contributed by atoms with Crippen LogP contribution in [0.25, 0.3) is 0 Å². The van der Waals surface area contributed by atoms with E-state index < -0.39 is 0 Å². The van der Waals surface area contributed by atoms with Crippen LogP contribution in [0.2, 0.25) is 0 Å². The van der Waals surface area contributed by atoms with Gasteiger partial charge in [-0.1, -0.05) is 0 Å². The minimum atomic E-state index is 0. The number of halogens is 1. The molecular formula is H2ILiO2. The van der Waals surface area contributed by atoms with Gasteiger partial charge in [-0.15, -0.1) is 0 Å². The Morgan fingerprint density at radius 3 is 1.00 bits per heavy atom. The fourth-order valence-electron chi connectivity index (χ4n) is 0. The minimum Gasteiger partial charge on any atom is -1.00 e. The van der Waals surface area contributed by atoms with E-state index in [9.17, 15) is 0 Å². The Balaban J connectivity index is -0.00000000500. The third kappa shape index (κ3) is 10.5. The molecule has 0 aromatic heterocycles. The van der Waals surface area contributed by atoms with Crippen molar-refractivity contribution in [3.63, 3.8) is 0 Å². The fraction of sp³-hybridized carbons (Fsp3) is 0. The average molecular weight is 168 g/mol. The summed E-state index contributed by atoms with van der Waals surface area (Å²) in [5, 5.41) is 12.0. The molecule has 0 rings (SSSR count). The summed E-state index contributed by atoms with van der Waals surface area (Å²) in [6.45, 7) is 0. The maximum atomic E-state index is 6.00. The molecule has 0 heterocycles. The van der Waals surface area contributed by atoms with E-state index in [0.717, 1.165) is 0 Å². The second-order valence-electron chi connectivity index (χ2n) is 0. The van der Waals surface area contributed by atoms with Gasteiger partial charge >= 0.3 is 18.9 Å². The van der Waals surface area contributed by atoms with Crippen molar-refractivity contribution in [1.29, 1.82) is 0 Å². The van der Waals surface area contributed by atoms with Gasteiger partial charge in [0.1, 0.15) is 0 Å². The second-order valence-corrected chi connectivity index (χ2v) is 0. The van der Waals surface area contributed by atoms with Crippen LogP contribution < -0.4 is 42.8 Å². The summed E-state index contributed by atoms with van der Waals surface area (Å²) in [7, 11) is 0. The predicted molar refractivity (Wildman–Crippen MR) is 5.26 cm³/mol. The molecule has 4 heteroatoms. The molecule has 0 radical (unpaired) electrons. The van der Waals surface area contributed by atoms with E-state index in [1.165, 1.54) is 0 Å². The Morgan fingerprint density at radius 2 is 1.00 bits per heavy atom. The zero-order chi connectivity index (χ0) is 2.00. The van der Waals surface area contributed by atoms with Crippen molar-refractivity contribution in [3.8, 4) is 0 Å². The average Bonchev–Trinajstić information content (AvgIpc) is 1.00. The van der Waals surface area contributed by atoms with Crippen LogP contribution in [0.5, 0.6) is 0 Å². The molecule has 0 saturated carbocycles. The van der Waals surface area contributed by atoms with E-state index in [-0.39, 0.29) is 42.8 Å². The van der Waals surface area contributed by atoms with Crippen molar-refractivity contribution in [3.05, 3.63) is 0 Å². The van der Waals surface area contributed by atoms with Crippen LogP contribution in [0, 0.1) is 0 Å². The minimum absolute atomic E-state index is 0. The summed E-state index contributed by atoms with van der Waals surface area (Å²) >= 11 is 0. The van der Waals surface area contributed by atoms with Gasteiger partial charge in [0, 0.05) is 0 Å². The molecule has 0 aromatic rings. The maximum Gasteiger partial charge on any atom is 1.00 e. The van der Waals surface area contributed by atoms with Gasteiger partial charge in [-0.3, -0.25) is 10.5 Å². The van der Waals surface area contributed by atoms with Gasteiger partial charge in [-0.25, -0.2) is 0 Å². The quantitative estimate of drug-likeness (QED) is 0.163. The van der Waals surface area contributed by atoms with Gasteiger partial charge in [-0.05, 0) is 0 Å². The summed E-state index contributed by atoms with van der Waals surface area (Å²) < 4.78 is 0. The zero-order valence-electron chi connectivity index (χ0n) is 2.27. The molecule has 0 saturated heterocycles. The van der Waals surface area contributed by atoms with Crippen molar-refractivity contribution in [2.45, 2.75) is 0 Å². The molecule has 2 N–H and O–H groups in total. The van der Waals surface area contributed by atoms with E-state index >= 15 is 0 Å². The number of hydrogen-bond donors (Lipinski definition) is 2. The van der Waals surface area contributed by atoms with E-state index in [0.29, 0.717) is 0 Å². The van der Waals surface area contributed by atoms with Crippen LogP contribution in [-0.4, -0.2) is 10.5 Å². The topological polar surface area (TPSA) is 40.5 Å². The summed E-state index contributed by atoms with van der Waals surface area (Å²) in [6.07, 6.45) is 0. The molecule has 0 amide bonds. The molecule has 0 aromatic carbocycles. The predicted octanol–water partition coefficient (Wildman–Crippen LogP) is -5.97. The molecule has 0 aliphatic heterocycles. The van der Waals surface area contributed by atoms with Crippen molar-refractivity contribution in [2.24, 2.45) is 0 Å². The number of rotatable bonds is 0. The first-order valence-corrected chi connectivity index (χ1v) is 0.200. The largest absolute Gasteiger partial charge is 1.00 e. The molecule has 4 heavy (non-hydrogen) atoms. The molecule has 0 fully saturated rings. The molecule has 0 aliphatic rings. The third-order valence-corrected chi connectivity index (χ3v) is 0. The van der Waals surface area contributed by atoms with Gasteiger partial charge in [0.25, 0.3) is 0 Å². The normalized spacial score (nSPS) is 1.50. The second kappa shape index (κ2) is 28.8. The van der Waals surface area contributed by atoms with Gasteiger partial charge in [-0.2, -0.15) is 0 Å². The SMILES string of the molecule is OO.[I-].[Li+]. The maximum absolute atomic E-state index is 6.00. The number of hydrogen-bond acceptors (Lipinski definition) is 2. The van der Waals surface area contributed by atoms with E-state index in [1.54, 1.807) is 0 Å². The zero-order valence-corrected chi connectivity index (χ0v) is 4.43. The standard InChI is InChI=1S/HI.Li.H2O2/c;;1-2/h1H;;1-2H/q;+1;/p-1. The van der Waals surface area contributed by atoms with Crippen molar-refractivity contribution < 1.29 is 53.4 Å².